The van der Waals surface area contributed by atoms with Crippen molar-refractivity contribution in [1.82, 2.24) is 25.1 Å². The summed E-state index contributed by atoms with van der Waals surface area (Å²) in [5.41, 5.74) is -0.104. The van der Waals surface area contributed by atoms with Crippen LogP contribution in [0.4, 0.5) is 0 Å². The molecule has 1 fully saturated rings. The Bertz CT molecular complexity index is 425. The van der Waals surface area contributed by atoms with Gasteiger partial charge in [0.25, 0.3) is 0 Å². The molecule has 0 aromatic carbocycles. The van der Waals surface area contributed by atoms with Gasteiger partial charge in [0.15, 0.2) is 5.82 Å². The maximum absolute atomic E-state index is 9.29. The molecule has 1 aromatic heterocycles. The Hall–Kier alpha value is -1.01. The van der Waals surface area contributed by atoms with Gasteiger partial charge in [0.1, 0.15) is 0 Å². The topological polar surface area (TPSA) is 67.1 Å². The molecule has 0 radical (unpaired) electrons. The zero-order valence-corrected chi connectivity index (χ0v) is 13.1. The number of likely N-dealkylation sites (tertiary alicyclic amines) is 1. The van der Waals surface area contributed by atoms with Crippen LogP contribution in [0.25, 0.3) is 0 Å². The number of piperidine rings is 1. The van der Waals surface area contributed by atoms with Crippen LogP contribution >= 0.6 is 0 Å². The highest BCUT2D eigenvalue weighted by atomic mass is 16.3. The number of tetrazole rings is 1. The lowest BCUT2D eigenvalue weighted by Gasteiger charge is -2.39. The Morgan fingerprint density at radius 1 is 1.35 bits per heavy atom. The van der Waals surface area contributed by atoms with Gasteiger partial charge >= 0.3 is 0 Å². The van der Waals surface area contributed by atoms with E-state index in [4.69, 9.17) is 0 Å². The van der Waals surface area contributed by atoms with E-state index in [2.05, 4.69) is 48.1 Å². The van der Waals surface area contributed by atoms with Gasteiger partial charge in [-0.1, -0.05) is 6.92 Å². The molecule has 6 heteroatoms. The molecule has 1 aliphatic heterocycles. The summed E-state index contributed by atoms with van der Waals surface area (Å²) < 4.78 is 1.91. The van der Waals surface area contributed by atoms with Crippen LogP contribution in [0.1, 0.15) is 52.8 Å². The van der Waals surface area contributed by atoms with Gasteiger partial charge in [0, 0.05) is 12.6 Å². The molecule has 20 heavy (non-hydrogen) atoms. The van der Waals surface area contributed by atoms with Gasteiger partial charge in [0.2, 0.25) is 0 Å². The van der Waals surface area contributed by atoms with Crippen molar-refractivity contribution < 1.29 is 5.11 Å². The van der Waals surface area contributed by atoms with Crippen molar-refractivity contribution in [1.29, 1.82) is 0 Å². The van der Waals surface area contributed by atoms with Gasteiger partial charge in [-0.05, 0) is 62.9 Å². The van der Waals surface area contributed by atoms with E-state index in [1.165, 1.54) is 12.8 Å². The molecule has 0 unspecified atom stereocenters. The molecule has 6 nitrogen and oxygen atoms in total. The average Bonchev–Trinajstić information content (AvgIpc) is 2.81. The predicted molar refractivity (Wildman–Crippen MR) is 77.1 cm³/mol. The fourth-order valence-corrected chi connectivity index (χ4v) is 3.14. The standard InChI is InChI=1S/C14H27N5O/c1-11-6-5-8-18(12(11)7-9-20)10-13-15-16-17-19(13)14(2,3)4/h11-12,20H,5-10H2,1-4H3/t11-,12+/m1/s1. The summed E-state index contributed by atoms with van der Waals surface area (Å²) in [6.07, 6.45) is 3.28. The van der Waals surface area contributed by atoms with E-state index in [0.717, 1.165) is 25.3 Å². The molecule has 0 saturated carbocycles. The SMILES string of the molecule is C[C@@H]1CCCN(Cc2nnnn2C(C)(C)C)[C@H]1CCO. The summed E-state index contributed by atoms with van der Waals surface area (Å²) in [4.78, 5) is 2.43. The third-order valence-electron chi connectivity index (χ3n) is 4.17. The molecule has 1 aromatic rings. The fourth-order valence-electron chi connectivity index (χ4n) is 3.14. The zero-order valence-electron chi connectivity index (χ0n) is 13.1. The van der Waals surface area contributed by atoms with Crippen LogP contribution in [-0.4, -0.2) is 49.4 Å². The number of aliphatic hydroxyl groups is 1. The lowest BCUT2D eigenvalue weighted by atomic mass is 9.89. The lowest BCUT2D eigenvalue weighted by Crippen LogP contribution is -2.45. The van der Waals surface area contributed by atoms with E-state index in [1.807, 2.05) is 4.68 Å². The Balaban J connectivity index is 2.13. The molecule has 1 saturated heterocycles. The number of rotatable bonds is 4. The predicted octanol–water partition coefficient (Wildman–Crippen LogP) is 1.41. The van der Waals surface area contributed by atoms with Crippen molar-refractivity contribution in [2.75, 3.05) is 13.2 Å². The summed E-state index contributed by atoms with van der Waals surface area (Å²) in [6.45, 7) is 10.7. The van der Waals surface area contributed by atoms with Crippen molar-refractivity contribution in [3.05, 3.63) is 5.82 Å². The normalized spacial score (nSPS) is 25.1. The molecular weight excluding hydrogens is 254 g/mol. The zero-order chi connectivity index (χ0) is 14.8. The second kappa shape index (κ2) is 6.18. The smallest absolute Gasteiger partial charge is 0.165 e. The van der Waals surface area contributed by atoms with E-state index in [1.54, 1.807) is 0 Å². The largest absolute Gasteiger partial charge is 0.396 e. The Morgan fingerprint density at radius 3 is 2.75 bits per heavy atom. The van der Waals surface area contributed by atoms with Crippen molar-refractivity contribution in [3.8, 4) is 0 Å². The van der Waals surface area contributed by atoms with Crippen molar-refractivity contribution in [2.45, 2.75) is 65.1 Å². The number of hydrogen-bond acceptors (Lipinski definition) is 5. The molecule has 0 amide bonds. The maximum atomic E-state index is 9.29. The van der Waals surface area contributed by atoms with Crippen LogP contribution in [0.3, 0.4) is 0 Å². The first-order valence-corrected chi connectivity index (χ1v) is 7.56. The Kier molecular flexibility index (Phi) is 4.75. The molecule has 1 N–H and O–H groups in total. The summed E-state index contributed by atoms with van der Waals surface area (Å²) in [6, 6.07) is 0.430. The van der Waals surface area contributed by atoms with Gasteiger partial charge in [-0.2, -0.15) is 0 Å². The van der Waals surface area contributed by atoms with Crippen LogP contribution in [0.5, 0.6) is 0 Å². The molecular formula is C14H27N5O. The molecule has 0 spiro atoms. The van der Waals surface area contributed by atoms with Crippen LogP contribution in [0.2, 0.25) is 0 Å². The van der Waals surface area contributed by atoms with Crippen LogP contribution in [0, 0.1) is 5.92 Å². The van der Waals surface area contributed by atoms with Gasteiger partial charge in [-0.3, -0.25) is 4.90 Å². The Morgan fingerprint density at radius 2 is 2.10 bits per heavy atom. The highest BCUT2D eigenvalue weighted by Gasteiger charge is 2.30. The minimum atomic E-state index is -0.104. The van der Waals surface area contributed by atoms with Crippen molar-refractivity contribution in [2.24, 2.45) is 5.92 Å². The van der Waals surface area contributed by atoms with E-state index in [-0.39, 0.29) is 12.1 Å². The summed E-state index contributed by atoms with van der Waals surface area (Å²) in [7, 11) is 0. The van der Waals surface area contributed by atoms with E-state index >= 15 is 0 Å². The molecule has 2 heterocycles. The minimum Gasteiger partial charge on any atom is -0.396 e. The van der Waals surface area contributed by atoms with Crippen molar-refractivity contribution >= 4 is 0 Å². The van der Waals surface area contributed by atoms with Crippen molar-refractivity contribution in [3.63, 3.8) is 0 Å². The van der Waals surface area contributed by atoms with Gasteiger partial charge in [0.05, 0.1) is 12.1 Å². The second-order valence-electron chi connectivity index (χ2n) is 6.85. The number of aromatic nitrogens is 4. The first-order chi connectivity index (χ1) is 9.43. The summed E-state index contributed by atoms with van der Waals surface area (Å²) in [5, 5.41) is 21.4. The van der Waals surface area contributed by atoms with Gasteiger partial charge < -0.3 is 5.11 Å². The van der Waals surface area contributed by atoms with Gasteiger partial charge in [-0.15, -0.1) is 5.10 Å². The molecule has 0 aliphatic carbocycles. The van der Waals surface area contributed by atoms with E-state index in [0.29, 0.717) is 12.0 Å². The number of aliphatic hydroxyl groups excluding tert-OH is 1. The molecule has 1 aliphatic rings. The number of nitrogens with zero attached hydrogens (tertiary/aromatic N) is 5. The molecule has 2 rings (SSSR count). The fraction of sp³-hybridized carbons (Fsp3) is 0.929. The third-order valence-corrected chi connectivity index (χ3v) is 4.17. The third kappa shape index (κ3) is 3.35. The number of hydrogen-bond donors (Lipinski definition) is 1. The van der Waals surface area contributed by atoms with E-state index in [9.17, 15) is 5.11 Å². The monoisotopic (exact) mass is 281 g/mol. The quantitative estimate of drug-likeness (QED) is 0.904. The first kappa shape index (κ1) is 15.4. The highest BCUT2D eigenvalue weighted by Crippen LogP contribution is 2.27. The summed E-state index contributed by atoms with van der Waals surface area (Å²) in [5.74, 6) is 1.53. The van der Waals surface area contributed by atoms with Crippen LogP contribution < -0.4 is 0 Å². The van der Waals surface area contributed by atoms with Gasteiger partial charge in [-0.25, -0.2) is 4.68 Å². The average molecular weight is 281 g/mol. The molecule has 114 valence electrons. The van der Waals surface area contributed by atoms with Crippen LogP contribution in [0.15, 0.2) is 0 Å². The first-order valence-electron chi connectivity index (χ1n) is 7.56. The molecule has 2 atom stereocenters. The van der Waals surface area contributed by atoms with E-state index < -0.39 is 0 Å². The Labute approximate surface area is 121 Å². The minimum absolute atomic E-state index is 0.104. The lowest BCUT2D eigenvalue weighted by molar-refractivity contribution is 0.0672. The maximum Gasteiger partial charge on any atom is 0.165 e. The summed E-state index contributed by atoms with van der Waals surface area (Å²) >= 11 is 0. The second-order valence-corrected chi connectivity index (χ2v) is 6.85. The molecule has 0 bridgehead atoms. The highest BCUT2D eigenvalue weighted by molar-refractivity contribution is 4.91. The van der Waals surface area contributed by atoms with Crippen LogP contribution in [-0.2, 0) is 12.1 Å².